The number of rotatable bonds is 3. The summed E-state index contributed by atoms with van der Waals surface area (Å²) in [5.41, 5.74) is 0. The van der Waals surface area contributed by atoms with Crippen molar-refractivity contribution in [2.45, 2.75) is 45.7 Å². The van der Waals surface area contributed by atoms with Gasteiger partial charge in [-0.15, -0.1) is 0 Å². The average Bonchev–Trinajstić information content (AvgIpc) is 2.90. The minimum atomic E-state index is 0.730. The fourth-order valence-corrected chi connectivity index (χ4v) is 3.06. The normalized spacial score (nSPS) is 46.8. The third-order valence-corrected chi connectivity index (χ3v) is 4.81. The summed E-state index contributed by atoms with van der Waals surface area (Å²) in [6.07, 6.45) is 2.79. The second kappa shape index (κ2) is 4.42. The maximum atomic E-state index is 3.46. The fraction of sp³-hybridized carbons (Fsp3) is 1.00. The first-order valence-corrected chi connectivity index (χ1v) is 6.54. The topological polar surface area (TPSA) is 15.3 Å². The lowest BCUT2D eigenvalue weighted by Crippen LogP contribution is -2.53. The van der Waals surface area contributed by atoms with E-state index >= 15 is 0 Å². The summed E-state index contributed by atoms with van der Waals surface area (Å²) in [5, 5.41) is 3.46. The van der Waals surface area contributed by atoms with Crippen molar-refractivity contribution < 1.29 is 0 Å². The summed E-state index contributed by atoms with van der Waals surface area (Å²) >= 11 is 0. The second-order valence-corrected chi connectivity index (χ2v) is 5.75. The lowest BCUT2D eigenvalue weighted by molar-refractivity contribution is 0.0822. The second-order valence-electron chi connectivity index (χ2n) is 5.75. The zero-order valence-corrected chi connectivity index (χ0v) is 10.7. The van der Waals surface area contributed by atoms with Crippen molar-refractivity contribution in [3.8, 4) is 0 Å². The van der Waals surface area contributed by atoms with Gasteiger partial charge in [0.1, 0.15) is 0 Å². The molecule has 88 valence electrons. The minimum absolute atomic E-state index is 0.730. The van der Waals surface area contributed by atoms with Gasteiger partial charge in [0.2, 0.25) is 0 Å². The van der Waals surface area contributed by atoms with Gasteiger partial charge in [0.25, 0.3) is 0 Å². The smallest absolute Gasteiger partial charge is 0.0117 e. The average molecular weight is 210 g/mol. The number of likely N-dealkylation sites (tertiary alicyclic amines) is 1. The van der Waals surface area contributed by atoms with Crippen LogP contribution in [0.5, 0.6) is 0 Å². The van der Waals surface area contributed by atoms with Crippen LogP contribution < -0.4 is 5.32 Å². The first-order chi connectivity index (χ1) is 7.13. The maximum absolute atomic E-state index is 3.46. The Morgan fingerprint density at radius 1 is 1.27 bits per heavy atom. The van der Waals surface area contributed by atoms with Gasteiger partial charge in [-0.1, -0.05) is 13.8 Å². The van der Waals surface area contributed by atoms with Crippen LogP contribution in [0.3, 0.4) is 0 Å². The Bertz CT molecular complexity index is 217. The molecule has 2 nitrogen and oxygen atoms in total. The van der Waals surface area contributed by atoms with E-state index in [-0.39, 0.29) is 0 Å². The third-order valence-electron chi connectivity index (χ3n) is 4.81. The van der Waals surface area contributed by atoms with Crippen molar-refractivity contribution in [1.29, 1.82) is 0 Å². The molecule has 2 fully saturated rings. The van der Waals surface area contributed by atoms with Crippen molar-refractivity contribution in [3.63, 3.8) is 0 Å². The van der Waals surface area contributed by atoms with Gasteiger partial charge in [-0.2, -0.15) is 0 Å². The predicted molar refractivity (Wildman–Crippen MR) is 64.9 cm³/mol. The lowest BCUT2D eigenvalue weighted by Gasteiger charge is -2.42. The van der Waals surface area contributed by atoms with Gasteiger partial charge in [-0.3, -0.25) is 4.90 Å². The van der Waals surface area contributed by atoms with E-state index in [2.05, 4.69) is 38.0 Å². The molecule has 1 aliphatic carbocycles. The number of piperidine rings is 1. The molecule has 0 radical (unpaired) electrons. The van der Waals surface area contributed by atoms with Gasteiger partial charge >= 0.3 is 0 Å². The van der Waals surface area contributed by atoms with Crippen molar-refractivity contribution in [1.82, 2.24) is 10.2 Å². The summed E-state index contributed by atoms with van der Waals surface area (Å²) in [6.45, 7) is 9.83. The molecule has 1 heterocycles. The molecule has 0 bridgehead atoms. The van der Waals surface area contributed by atoms with Crippen molar-refractivity contribution >= 4 is 0 Å². The highest BCUT2D eigenvalue weighted by Crippen LogP contribution is 2.39. The molecule has 2 aliphatic rings. The molecule has 0 aromatic rings. The first kappa shape index (κ1) is 11.4. The van der Waals surface area contributed by atoms with E-state index in [1.54, 1.807) is 0 Å². The van der Waals surface area contributed by atoms with E-state index in [4.69, 9.17) is 0 Å². The van der Waals surface area contributed by atoms with Crippen LogP contribution in [0.25, 0.3) is 0 Å². The number of nitrogens with zero attached hydrogens (tertiary/aromatic N) is 1. The highest BCUT2D eigenvalue weighted by atomic mass is 15.2. The van der Waals surface area contributed by atoms with E-state index in [1.165, 1.54) is 25.9 Å². The van der Waals surface area contributed by atoms with Crippen LogP contribution in [-0.4, -0.2) is 37.1 Å². The van der Waals surface area contributed by atoms with Crippen molar-refractivity contribution in [2.75, 3.05) is 20.1 Å². The summed E-state index contributed by atoms with van der Waals surface area (Å²) in [7, 11) is 2.10. The summed E-state index contributed by atoms with van der Waals surface area (Å²) < 4.78 is 0. The summed E-state index contributed by atoms with van der Waals surface area (Å²) in [5.74, 6) is 2.79. The van der Waals surface area contributed by atoms with Gasteiger partial charge in [-0.25, -0.2) is 0 Å². The molecule has 1 saturated carbocycles. The standard InChI is InChI=1S/C13H26N2/c1-9-7-12(9)8-15-6-5-13(14-4)10(2)11(15)3/h9-14H,5-8H2,1-4H3. The van der Waals surface area contributed by atoms with Gasteiger partial charge in [0, 0.05) is 18.6 Å². The quantitative estimate of drug-likeness (QED) is 0.766. The minimum Gasteiger partial charge on any atom is -0.317 e. The number of nitrogens with one attached hydrogen (secondary N) is 1. The SMILES string of the molecule is CNC1CCN(CC2CC2C)C(C)C1C. The molecular weight excluding hydrogens is 184 g/mol. The van der Waals surface area contributed by atoms with Gasteiger partial charge < -0.3 is 5.32 Å². The zero-order valence-electron chi connectivity index (χ0n) is 10.7. The molecule has 2 heteroatoms. The van der Waals surface area contributed by atoms with Gasteiger partial charge in [0.05, 0.1) is 0 Å². The Balaban J connectivity index is 1.86. The Labute approximate surface area is 94.4 Å². The van der Waals surface area contributed by atoms with Crippen LogP contribution in [-0.2, 0) is 0 Å². The molecule has 2 rings (SSSR count). The van der Waals surface area contributed by atoms with Gasteiger partial charge in [0.15, 0.2) is 0 Å². The van der Waals surface area contributed by atoms with E-state index in [0.29, 0.717) is 0 Å². The number of hydrogen-bond acceptors (Lipinski definition) is 2. The van der Waals surface area contributed by atoms with E-state index in [0.717, 1.165) is 29.8 Å². The predicted octanol–water partition coefficient (Wildman–Crippen LogP) is 1.96. The molecule has 0 aromatic carbocycles. The molecule has 1 saturated heterocycles. The molecule has 15 heavy (non-hydrogen) atoms. The summed E-state index contributed by atoms with van der Waals surface area (Å²) in [4.78, 5) is 2.71. The Morgan fingerprint density at radius 3 is 2.47 bits per heavy atom. The molecule has 0 aromatic heterocycles. The fourth-order valence-electron chi connectivity index (χ4n) is 3.06. The molecule has 1 N–H and O–H groups in total. The highest BCUT2D eigenvalue weighted by molar-refractivity contribution is 4.92. The van der Waals surface area contributed by atoms with Crippen LogP contribution in [0.4, 0.5) is 0 Å². The largest absolute Gasteiger partial charge is 0.317 e. The van der Waals surface area contributed by atoms with E-state index in [1.807, 2.05) is 0 Å². The maximum Gasteiger partial charge on any atom is 0.0117 e. The monoisotopic (exact) mass is 210 g/mol. The van der Waals surface area contributed by atoms with Crippen molar-refractivity contribution in [3.05, 3.63) is 0 Å². The molecule has 5 unspecified atom stereocenters. The molecule has 1 aliphatic heterocycles. The van der Waals surface area contributed by atoms with Crippen LogP contribution in [0.2, 0.25) is 0 Å². The summed E-state index contributed by atoms with van der Waals surface area (Å²) in [6, 6.07) is 1.48. The molecule has 0 spiro atoms. The Morgan fingerprint density at radius 2 is 1.93 bits per heavy atom. The van der Waals surface area contributed by atoms with E-state index in [9.17, 15) is 0 Å². The Kier molecular flexibility index (Phi) is 3.36. The van der Waals surface area contributed by atoms with Crippen LogP contribution in [0.15, 0.2) is 0 Å². The first-order valence-electron chi connectivity index (χ1n) is 6.54. The van der Waals surface area contributed by atoms with E-state index < -0.39 is 0 Å². The van der Waals surface area contributed by atoms with Crippen LogP contribution in [0, 0.1) is 17.8 Å². The molecule has 0 amide bonds. The number of hydrogen-bond donors (Lipinski definition) is 1. The van der Waals surface area contributed by atoms with Gasteiger partial charge in [-0.05, 0) is 51.1 Å². The molecular formula is C13H26N2. The highest BCUT2D eigenvalue weighted by Gasteiger charge is 2.38. The molecule has 5 atom stereocenters. The third kappa shape index (κ3) is 2.36. The van der Waals surface area contributed by atoms with Crippen molar-refractivity contribution in [2.24, 2.45) is 17.8 Å². The lowest BCUT2D eigenvalue weighted by atomic mass is 9.87. The Hall–Kier alpha value is -0.0800. The van der Waals surface area contributed by atoms with Crippen LogP contribution in [0.1, 0.15) is 33.6 Å². The zero-order chi connectivity index (χ0) is 11.0. The van der Waals surface area contributed by atoms with Crippen LogP contribution >= 0.6 is 0 Å².